The van der Waals surface area contributed by atoms with E-state index in [2.05, 4.69) is 22.1 Å². The number of ether oxygens (including phenoxy) is 2. The van der Waals surface area contributed by atoms with Crippen molar-refractivity contribution in [1.82, 2.24) is 9.97 Å². The molecule has 0 amide bonds. The fourth-order valence-corrected chi connectivity index (χ4v) is 3.05. The van der Waals surface area contributed by atoms with Gasteiger partial charge in [0.2, 0.25) is 6.79 Å². The summed E-state index contributed by atoms with van der Waals surface area (Å²) < 4.78 is 11.0. The van der Waals surface area contributed by atoms with Gasteiger partial charge in [-0.25, -0.2) is 9.97 Å². The van der Waals surface area contributed by atoms with Crippen molar-refractivity contribution in [2.45, 2.75) is 0 Å². The van der Waals surface area contributed by atoms with Gasteiger partial charge in [-0.2, -0.15) is 0 Å². The molecule has 4 nitrogen and oxygen atoms in total. The molecule has 0 saturated carbocycles. The molecule has 3 aromatic carbocycles. The highest BCUT2D eigenvalue weighted by Gasteiger charge is 2.17. The van der Waals surface area contributed by atoms with Crippen LogP contribution in [-0.4, -0.2) is 16.8 Å². The van der Waals surface area contributed by atoms with E-state index in [1.807, 2.05) is 30.5 Å². The van der Waals surface area contributed by atoms with Gasteiger partial charge < -0.3 is 9.47 Å². The molecule has 4 heteroatoms. The Morgan fingerprint density at radius 1 is 0.810 bits per heavy atom. The summed E-state index contributed by atoms with van der Waals surface area (Å²) >= 11 is 0. The molecule has 1 aliphatic heterocycles. The van der Waals surface area contributed by atoms with Crippen LogP contribution in [0.5, 0.6) is 11.5 Å². The van der Waals surface area contributed by atoms with E-state index in [-0.39, 0.29) is 6.79 Å². The van der Waals surface area contributed by atoms with Gasteiger partial charge in [0, 0.05) is 17.0 Å². The molecule has 0 aliphatic carbocycles. The fourth-order valence-electron chi connectivity index (χ4n) is 3.05. The number of hydrogen-bond acceptors (Lipinski definition) is 4. The number of aromatic nitrogens is 2. The normalized spacial score (nSPS) is 13.3. The number of rotatable bonds is 0. The smallest absolute Gasteiger partial charge is 0.231 e. The SMILES string of the molecule is c1ccc2c(c1)c1cc3c(cc1c1ncncc21)OCO3. The quantitative estimate of drug-likeness (QED) is 0.459. The molecule has 0 N–H and O–H groups in total. The van der Waals surface area contributed by atoms with E-state index in [1.165, 1.54) is 5.39 Å². The van der Waals surface area contributed by atoms with Crippen LogP contribution in [0.25, 0.3) is 32.4 Å². The summed E-state index contributed by atoms with van der Waals surface area (Å²) in [4.78, 5) is 8.65. The molecule has 21 heavy (non-hydrogen) atoms. The zero-order valence-electron chi connectivity index (χ0n) is 11.0. The molecular weight excluding hydrogens is 264 g/mol. The van der Waals surface area contributed by atoms with E-state index in [1.54, 1.807) is 6.33 Å². The highest BCUT2D eigenvalue weighted by molar-refractivity contribution is 6.24. The second-order valence-electron chi connectivity index (χ2n) is 5.08. The van der Waals surface area contributed by atoms with Crippen molar-refractivity contribution >= 4 is 32.4 Å². The Bertz CT molecular complexity index is 945. The summed E-state index contributed by atoms with van der Waals surface area (Å²) in [7, 11) is 0. The second-order valence-corrected chi connectivity index (χ2v) is 5.08. The summed E-state index contributed by atoms with van der Waals surface area (Å²) in [6, 6.07) is 12.4. The Morgan fingerprint density at radius 3 is 2.33 bits per heavy atom. The number of nitrogens with zero attached hydrogens (tertiary/aromatic N) is 2. The van der Waals surface area contributed by atoms with Crippen molar-refractivity contribution in [3.63, 3.8) is 0 Å². The topological polar surface area (TPSA) is 44.2 Å². The minimum Gasteiger partial charge on any atom is -0.454 e. The van der Waals surface area contributed by atoms with Crippen LogP contribution < -0.4 is 9.47 Å². The zero-order valence-corrected chi connectivity index (χ0v) is 11.0. The lowest BCUT2D eigenvalue weighted by Crippen LogP contribution is -1.92. The minimum atomic E-state index is 0.274. The second kappa shape index (κ2) is 3.82. The molecular formula is C17H10N2O2. The van der Waals surface area contributed by atoms with Gasteiger partial charge in [-0.15, -0.1) is 0 Å². The molecule has 0 unspecified atom stereocenters. The third-order valence-electron chi connectivity index (χ3n) is 3.99. The van der Waals surface area contributed by atoms with Crippen LogP contribution in [0.15, 0.2) is 48.9 Å². The van der Waals surface area contributed by atoms with Crippen molar-refractivity contribution in [2.24, 2.45) is 0 Å². The van der Waals surface area contributed by atoms with Gasteiger partial charge in [-0.1, -0.05) is 24.3 Å². The summed E-state index contributed by atoms with van der Waals surface area (Å²) in [6.07, 6.45) is 3.45. The summed E-state index contributed by atoms with van der Waals surface area (Å²) in [6.45, 7) is 0.274. The van der Waals surface area contributed by atoms with Crippen molar-refractivity contribution in [1.29, 1.82) is 0 Å². The van der Waals surface area contributed by atoms with Crippen molar-refractivity contribution in [3.8, 4) is 11.5 Å². The maximum Gasteiger partial charge on any atom is 0.231 e. The van der Waals surface area contributed by atoms with E-state index < -0.39 is 0 Å². The molecule has 0 radical (unpaired) electrons. The minimum absolute atomic E-state index is 0.274. The third kappa shape index (κ3) is 1.39. The van der Waals surface area contributed by atoms with Gasteiger partial charge in [0.1, 0.15) is 6.33 Å². The van der Waals surface area contributed by atoms with E-state index in [0.717, 1.165) is 38.6 Å². The van der Waals surface area contributed by atoms with E-state index >= 15 is 0 Å². The van der Waals surface area contributed by atoms with Crippen LogP contribution in [0, 0.1) is 0 Å². The fraction of sp³-hybridized carbons (Fsp3) is 0.0588. The third-order valence-corrected chi connectivity index (χ3v) is 3.99. The van der Waals surface area contributed by atoms with E-state index in [9.17, 15) is 0 Å². The van der Waals surface area contributed by atoms with Crippen LogP contribution in [0.1, 0.15) is 0 Å². The molecule has 4 aromatic rings. The first kappa shape index (κ1) is 10.9. The van der Waals surface area contributed by atoms with Gasteiger partial charge in [0.25, 0.3) is 0 Å². The molecule has 0 spiro atoms. The van der Waals surface area contributed by atoms with Gasteiger partial charge in [-0.3, -0.25) is 0 Å². The maximum absolute atomic E-state index is 5.51. The van der Waals surface area contributed by atoms with Crippen molar-refractivity contribution in [3.05, 3.63) is 48.9 Å². The lowest BCUT2D eigenvalue weighted by molar-refractivity contribution is 0.174. The lowest BCUT2D eigenvalue weighted by atomic mass is 9.97. The standard InChI is InChI=1S/C17H10N2O2/c1-2-4-11-10(3-1)12-5-15-16(21-9-20-15)6-13(12)17-14(11)7-18-8-19-17/h1-8H,9H2. The zero-order chi connectivity index (χ0) is 13.8. The highest BCUT2D eigenvalue weighted by atomic mass is 16.7. The molecule has 100 valence electrons. The first-order chi connectivity index (χ1) is 10.4. The molecule has 0 bridgehead atoms. The average Bonchev–Trinajstić information content (AvgIpc) is 3.01. The summed E-state index contributed by atoms with van der Waals surface area (Å²) in [5, 5.41) is 5.57. The number of benzene rings is 3. The Hall–Kier alpha value is -2.88. The lowest BCUT2D eigenvalue weighted by Gasteiger charge is -2.09. The van der Waals surface area contributed by atoms with Gasteiger partial charge in [0.15, 0.2) is 11.5 Å². The molecule has 1 aromatic heterocycles. The van der Waals surface area contributed by atoms with Crippen LogP contribution in [0.3, 0.4) is 0 Å². The predicted octanol–water partition coefficient (Wildman–Crippen LogP) is 3.66. The van der Waals surface area contributed by atoms with Crippen LogP contribution in [0.4, 0.5) is 0 Å². The van der Waals surface area contributed by atoms with Crippen LogP contribution >= 0.6 is 0 Å². The first-order valence-corrected chi connectivity index (χ1v) is 6.75. The van der Waals surface area contributed by atoms with Gasteiger partial charge in [-0.05, 0) is 28.3 Å². The highest BCUT2D eigenvalue weighted by Crippen LogP contribution is 2.41. The van der Waals surface area contributed by atoms with Crippen LogP contribution in [-0.2, 0) is 0 Å². The van der Waals surface area contributed by atoms with E-state index in [4.69, 9.17) is 9.47 Å². The molecule has 1 aliphatic rings. The summed E-state index contributed by atoms with van der Waals surface area (Å²) in [5.41, 5.74) is 0.942. The van der Waals surface area contributed by atoms with Gasteiger partial charge in [0.05, 0.1) is 5.52 Å². The number of hydrogen-bond donors (Lipinski definition) is 0. The Balaban J connectivity index is 2.12. The molecule has 2 heterocycles. The summed E-state index contributed by atoms with van der Waals surface area (Å²) in [5.74, 6) is 1.57. The predicted molar refractivity (Wildman–Crippen MR) is 80.7 cm³/mol. The molecule has 0 atom stereocenters. The molecule has 5 rings (SSSR count). The van der Waals surface area contributed by atoms with Crippen molar-refractivity contribution < 1.29 is 9.47 Å². The monoisotopic (exact) mass is 274 g/mol. The van der Waals surface area contributed by atoms with Crippen molar-refractivity contribution in [2.75, 3.05) is 6.79 Å². The maximum atomic E-state index is 5.51. The van der Waals surface area contributed by atoms with Crippen LogP contribution in [0.2, 0.25) is 0 Å². The Labute approximate surface area is 120 Å². The van der Waals surface area contributed by atoms with Gasteiger partial charge >= 0.3 is 0 Å². The molecule has 0 saturated heterocycles. The number of fused-ring (bicyclic) bond motifs is 7. The molecule has 0 fully saturated rings. The average molecular weight is 274 g/mol. The Morgan fingerprint density at radius 2 is 1.52 bits per heavy atom. The largest absolute Gasteiger partial charge is 0.454 e. The Kier molecular flexibility index (Phi) is 1.98. The van der Waals surface area contributed by atoms with E-state index in [0.29, 0.717) is 0 Å². The first-order valence-electron chi connectivity index (χ1n) is 6.75.